The zero-order valence-electron chi connectivity index (χ0n) is 16.9. The van der Waals surface area contributed by atoms with E-state index in [9.17, 15) is 15.0 Å². The molecule has 1 aromatic rings. The molecule has 0 saturated carbocycles. The highest BCUT2D eigenvalue weighted by Gasteiger charge is 2.09. The van der Waals surface area contributed by atoms with E-state index in [2.05, 4.69) is 32.9 Å². The molecule has 0 aliphatic rings. The molecule has 0 unspecified atom stereocenters. The number of aromatic hydroxyl groups is 2. The Morgan fingerprint density at radius 3 is 2.15 bits per heavy atom. The summed E-state index contributed by atoms with van der Waals surface area (Å²) >= 11 is 0. The first-order chi connectivity index (χ1) is 12.8. The van der Waals surface area contributed by atoms with Gasteiger partial charge in [-0.05, 0) is 77.0 Å². The summed E-state index contributed by atoms with van der Waals surface area (Å²) in [6.45, 7) is 6.26. The van der Waals surface area contributed by atoms with Crippen molar-refractivity contribution in [1.82, 2.24) is 0 Å². The van der Waals surface area contributed by atoms with Crippen LogP contribution in [-0.4, -0.2) is 21.3 Å². The summed E-state index contributed by atoms with van der Waals surface area (Å²) in [5.41, 5.74) is 4.05. The number of aryl methyl sites for hydroxylation is 1. The Bertz CT molecular complexity index is 644. The number of hydrogen-bond donors (Lipinski definition) is 3. The Morgan fingerprint density at radius 1 is 0.926 bits per heavy atom. The lowest BCUT2D eigenvalue weighted by Crippen LogP contribution is -1.94. The largest absolute Gasteiger partial charge is 0.508 e. The van der Waals surface area contributed by atoms with Crippen LogP contribution in [0.1, 0.15) is 76.8 Å². The fourth-order valence-electron chi connectivity index (χ4n) is 2.98. The monoisotopic (exact) mass is 374 g/mol. The molecule has 0 spiro atoms. The lowest BCUT2D eigenvalue weighted by molar-refractivity contribution is -0.137. The molecule has 1 aromatic carbocycles. The average Bonchev–Trinajstić information content (AvgIpc) is 2.56. The van der Waals surface area contributed by atoms with Crippen molar-refractivity contribution < 1.29 is 20.1 Å². The fourth-order valence-corrected chi connectivity index (χ4v) is 2.98. The smallest absolute Gasteiger partial charge is 0.303 e. The van der Waals surface area contributed by atoms with E-state index < -0.39 is 5.97 Å². The molecule has 0 atom stereocenters. The molecule has 0 aromatic heterocycles. The Kier molecular flexibility index (Phi) is 10.3. The second kappa shape index (κ2) is 12.2. The number of aliphatic carboxylic acids is 1. The van der Waals surface area contributed by atoms with Gasteiger partial charge in [-0.25, -0.2) is 0 Å². The second-order valence-corrected chi connectivity index (χ2v) is 7.50. The molecule has 4 heteroatoms. The van der Waals surface area contributed by atoms with Crippen LogP contribution in [0.3, 0.4) is 0 Å². The average molecular weight is 375 g/mol. The summed E-state index contributed by atoms with van der Waals surface area (Å²) in [6.07, 6.45) is 11.2. The van der Waals surface area contributed by atoms with Crippen LogP contribution >= 0.6 is 0 Å². The molecule has 0 fully saturated rings. The van der Waals surface area contributed by atoms with Crippen molar-refractivity contribution in [1.29, 1.82) is 0 Å². The quantitative estimate of drug-likeness (QED) is 0.314. The van der Waals surface area contributed by atoms with E-state index >= 15 is 0 Å². The normalized spacial score (nSPS) is 11.4. The molecule has 0 amide bonds. The van der Waals surface area contributed by atoms with Gasteiger partial charge in [-0.15, -0.1) is 0 Å². The predicted molar refractivity (Wildman–Crippen MR) is 110 cm³/mol. The molecule has 3 N–H and O–H groups in total. The van der Waals surface area contributed by atoms with Gasteiger partial charge < -0.3 is 15.3 Å². The molecular formula is C23H34O4. The first-order valence-electron chi connectivity index (χ1n) is 9.84. The van der Waals surface area contributed by atoms with Gasteiger partial charge in [-0.1, -0.05) is 36.1 Å². The molecule has 0 bridgehead atoms. The Balaban J connectivity index is 2.52. The van der Waals surface area contributed by atoms with Crippen LogP contribution in [0.15, 0.2) is 35.4 Å². The summed E-state index contributed by atoms with van der Waals surface area (Å²) in [7, 11) is 0. The van der Waals surface area contributed by atoms with Gasteiger partial charge in [-0.2, -0.15) is 0 Å². The Labute approximate surface area is 163 Å². The lowest BCUT2D eigenvalue weighted by atomic mass is 10.00. The predicted octanol–water partition coefficient (Wildman–Crippen LogP) is 5.91. The van der Waals surface area contributed by atoms with Crippen LogP contribution in [0.5, 0.6) is 11.5 Å². The SMILES string of the molecule is CC(C)=CCC/C(C)=C/Cc1c(O)cc(CCCCCCC(=O)O)cc1O. The van der Waals surface area contributed by atoms with E-state index in [1.807, 2.05) is 0 Å². The van der Waals surface area contributed by atoms with Gasteiger partial charge in [-0.3, -0.25) is 4.79 Å². The zero-order chi connectivity index (χ0) is 20.2. The lowest BCUT2D eigenvalue weighted by Gasteiger charge is -2.10. The highest BCUT2D eigenvalue weighted by molar-refractivity contribution is 5.66. The fraction of sp³-hybridized carbons (Fsp3) is 0.522. The van der Waals surface area contributed by atoms with Crippen LogP contribution < -0.4 is 0 Å². The number of phenolic OH excluding ortho intramolecular Hbond substituents is 2. The summed E-state index contributed by atoms with van der Waals surface area (Å²) in [5.74, 6) is -0.463. The van der Waals surface area contributed by atoms with Gasteiger partial charge in [0.1, 0.15) is 11.5 Å². The van der Waals surface area contributed by atoms with Crippen LogP contribution in [0.2, 0.25) is 0 Å². The summed E-state index contributed by atoms with van der Waals surface area (Å²) < 4.78 is 0. The number of unbranched alkanes of at least 4 members (excludes halogenated alkanes) is 3. The molecule has 4 nitrogen and oxygen atoms in total. The zero-order valence-corrected chi connectivity index (χ0v) is 16.9. The number of hydrogen-bond acceptors (Lipinski definition) is 3. The van der Waals surface area contributed by atoms with Crippen molar-refractivity contribution in [2.24, 2.45) is 0 Å². The minimum atomic E-state index is -0.748. The van der Waals surface area contributed by atoms with E-state index in [1.54, 1.807) is 12.1 Å². The van der Waals surface area contributed by atoms with Crippen LogP contribution in [-0.2, 0) is 17.6 Å². The van der Waals surface area contributed by atoms with Gasteiger partial charge in [0.05, 0.1) is 0 Å². The van der Waals surface area contributed by atoms with Crippen molar-refractivity contribution in [3.8, 4) is 11.5 Å². The third-order valence-corrected chi connectivity index (χ3v) is 4.61. The van der Waals surface area contributed by atoms with Gasteiger partial charge in [0, 0.05) is 12.0 Å². The maximum atomic E-state index is 10.5. The number of carboxylic acid groups (broad SMARTS) is 1. The number of carboxylic acids is 1. The van der Waals surface area contributed by atoms with Crippen molar-refractivity contribution in [3.05, 3.63) is 46.6 Å². The standard InChI is InChI=1S/C23H34O4/c1-17(2)9-8-10-18(3)13-14-20-21(24)15-19(16-22(20)25)11-6-4-5-7-12-23(26)27/h9,13,15-16,24-25H,4-8,10-12,14H2,1-3H3,(H,26,27)/b18-13+. The topological polar surface area (TPSA) is 77.8 Å². The molecule has 0 heterocycles. The summed E-state index contributed by atoms with van der Waals surface area (Å²) in [4.78, 5) is 10.5. The van der Waals surface area contributed by atoms with Gasteiger partial charge in [0.15, 0.2) is 0 Å². The Hall–Kier alpha value is -2.23. The van der Waals surface area contributed by atoms with E-state index in [4.69, 9.17) is 5.11 Å². The maximum Gasteiger partial charge on any atom is 0.303 e. The first-order valence-corrected chi connectivity index (χ1v) is 9.84. The third-order valence-electron chi connectivity index (χ3n) is 4.61. The maximum absolute atomic E-state index is 10.5. The highest BCUT2D eigenvalue weighted by atomic mass is 16.4. The molecule has 0 radical (unpaired) electrons. The van der Waals surface area contributed by atoms with E-state index in [-0.39, 0.29) is 17.9 Å². The van der Waals surface area contributed by atoms with Crippen LogP contribution in [0.25, 0.3) is 0 Å². The van der Waals surface area contributed by atoms with Gasteiger partial charge in [0.25, 0.3) is 0 Å². The number of benzene rings is 1. The first kappa shape index (κ1) is 22.8. The summed E-state index contributed by atoms with van der Waals surface area (Å²) in [5, 5.41) is 29.2. The van der Waals surface area contributed by atoms with E-state index in [0.717, 1.165) is 44.1 Å². The molecule has 27 heavy (non-hydrogen) atoms. The van der Waals surface area contributed by atoms with Gasteiger partial charge >= 0.3 is 5.97 Å². The minimum Gasteiger partial charge on any atom is -0.508 e. The number of carbonyl (C=O) groups is 1. The van der Waals surface area contributed by atoms with Crippen molar-refractivity contribution in [2.45, 2.75) is 78.6 Å². The number of rotatable bonds is 12. The van der Waals surface area contributed by atoms with E-state index in [0.29, 0.717) is 18.4 Å². The van der Waals surface area contributed by atoms with Gasteiger partial charge in [0.2, 0.25) is 0 Å². The van der Waals surface area contributed by atoms with Crippen molar-refractivity contribution in [2.75, 3.05) is 0 Å². The molecule has 0 aliphatic carbocycles. The Morgan fingerprint density at radius 2 is 1.56 bits per heavy atom. The third kappa shape index (κ3) is 9.88. The highest BCUT2D eigenvalue weighted by Crippen LogP contribution is 2.30. The van der Waals surface area contributed by atoms with E-state index in [1.165, 1.54) is 11.1 Å². The second-order valence-electron chi connectivity index (χ2n) is 7.50. The molecule has 0 aliphatic heterocycles. The molecule has 0 saturated heterocycles. The molecule has 1 rings (SSSR count). The van der Waals surface area contributed by atoms with Crippen LogP contribution in [0.4, 0.5) is 0 Å². The van der Waals surface area contributed by atoms with Crippen LogP contribution in [0, 0.1) is 0 Å². The van der Waals surface area contributed by atoms with Crippen molar-refractivity contribution >= 4 is 5.97 Å². The summed E-state index contributed by atoms with van der Waals surface area (Å²) in [6, 6.07) is 3.47. The molecular weight excluding hydrogens is 340 g/mol. The van der Waals surface area contributed by atoms with Crippen molar-refractivity contribution in [3.63, 3.8) is 0 Å². The number of allylic oxidation sites excluding steroid dienone is 4. The molecule has 150 valence electrons. The minimum absolute atomic E-state index is 0.143. The number of phenols is 2.